The summed E-state index contributed by atoms with van der Waals surface area (Å²) >= 11 is 1.37. The minimum Gasteiger partial charge on any atom is -0.492 e. The van der Waals surface area contributed by atoms with Crippen LogP contribution in [0.15, 0.2) is 114 Å². The molecule has 4 aromatic carbocycles. The summed E-state index contributed by atoms with van der Waals surface area (Å²) in [7, 11) is 0. The van der Waals surface area contributed by atoms with Gasteiger partial charge in [0, 0.05) is 16.1 Å². The number of nitrogens with one attached hydrogen (secondary N) is 3. The lowest BCUT2D eigenvalue weighted by molar-refractivity contribution is -0.115. The zero-order valence-electron chi connectivity index (χ0n) is 25.3. The van der Waals surface area contributed by atoms with Crippen LogP contribution in [0.1, 0.15) is 55.1 Å². The normalized spacial score (nSPS) is 11.9. The average molecular weight is 608 g/mol. The molecule has 0 saturated heterocycles. The Balaban J connectivity index is 1.48. The minimum absolute atomic E-state index is 0.106. The summed E-state index contributed by atoms with van der Waals surface area (Å²) in [4.78, 5) is 40.3. The highest BCUT2D eigenvalue weighted by atomic mass is 32.2. The number of ether oxygens (including phenoxy) is 1. The van der Waals surface area contributed by atoms with Crippen molar-refractivity contribution in [2.75, 3.05) is 17.2 Å². The largest absolute Gasteiger partial charge is 0.492 e. The van der Waals surface area contributed by atoms with E-state index in [2.05, 4.69) is 29.8 Å². The van der Waals surface area contributed by atoms with E-state index in [1.165, 1.54) is 17.3 Å². The third-order valence-corrected chi connectivity index (χ3v) is 7.76. The Labute approximate surface area is 263 Å². The van der Waals surface area contributed by atoms with Crippen molar-refractivity contribution in [2.45, 2.75) is 43.8 Å². The van der Waals surface area contributed by atoms with E-state index in [-0.39, 0.29) is 17.5 Å². The second kappa shape index (κ2) is 15.6. The molecule has 0 aliphatic carbocycles. The first-order valence-electron chi connectivity index (χ1n) is 14.5. The summed E-state index contributed by atoms with van der Waals surface area (Å²) in [5.74, 6) is -0.0415. The summed E-state index contributed by atoms with van der Waals surface area (Å²) < 4.78 is 5.62. The Bertz CT molecular complexity index is 1620. The molecule has 0 saturated carbocycles. The number of carbonyl (C=O) groups excluding carboxylic acids is 3. The molecule has 0 fully saturated rings. The van der Waals surface area contributed by atoms with Crippen molar-refractivity contribution in [3.63, 3.8) is 0 Å². The molecule has 3 N–H and O–H groups in total. The molecule has 0 heterocycles. The Morgan fingerprint density at radius 3 is 2.23 bits per heavy atom. The second-order valence-corrected chi connectivity index (χ2v) is 11.8. The highest BCUT2D eigenvalue weighted by molar-refractivity contribution is 8.00. The molecule has 226 valence electrons. The lowest BCUT2D eigenvalue weighted by Crippen LogP contribution is -2.30. The maximum atomic E-state index is 13.5. The fourth-order valence-corrected chi connectivity index (χ4v) is 5.20. The first-order chi connectivity index (χ1) is 21.2. The number of carbonyl (C=O) groups is 3. The highest BCUT2D eigenvalue weighted by Crippen LogP contribution is 2.29. The van der Waals surface area contributed by atoms with E-state index in [0.717, 1.165) is 10.5 Å². The van der Waals surface area contributed by atoms with E-state index in [4.69, 9.17) is 4.74 Å². The van der Waals surface area contributed by atoms with E-state index in [1.807, 2.05) is 74.5 Å². The molecule has 1 unspecified atom stereocenters. The molecule has 3 amide bonds. The first-order valence-corrected chi connectivity index (χ1v) is 15.4. The number of thioether (sulfide) groups is 1. The van der Waals surface area contributed by atoms with Gasteiger partial charge in [-0.1, -0.05) is 74.5 Å². The fourth-order valence-electron chi connectivity index (χ4n) is 4.28. The van der Waals surface area contributed by atoms with Gasteiger partial charge < -0.3 is 20.7 Å². The second-order valence-electron chi connectivity index (χ2n) is 10.4. The summed E-state index contributed by atoms with van der Waals surface area (Å²) in [6.07, 6.45) is 1.66. The van der Waals surface area contributed by atoms with Gasteiger partial charge in [0.2, 0.25) is 5.91 Å². The van der Waals surface area contributed by atoms with Gasteiger partial charge in [0.25, 0.3) is 11.8 Å². The van der Waals surface area contributed by atoms with E-state index >= 15 is 0 Å². The van der Waals surface area contributed by atoms with Gasteiger partial charge in [0.05, 0.1) is 17.5 Å². The monoisotopic (exact) mass is 607 g/mol. The van der Waals surface area contributed by atoms with Gasteiger partial charge in [-0.15, -0.1) is 11.8 Å². The Kier molecular flexibility index (Phi) is 11.4. The van der Waals surface area contributed by atoms with Crippen molar-refractivity contribution in [1.82, 2.24) is 5.32 Å². The van der Waals surface area contributed by atoms with Gasteiger partial charge in [-0.3, -0.25) is 14.4 Å². The van der Waals surface area contributed by atoms with Crippen LogP contribution in [0.3, 0.4) is 0 Å². The van der Waals surface area contributed by atoms with Crippen LogP contribution in [-0.2, 0) is 9.59 Å². The molecule has 0 aliphatic heterocycles. The Morgan fingerprint density at radius 2 is 1.52 bits per heavy atom. The van der Waals surface area contributed by atoms with Crippen LogP contribution in [0.5, 0.6) is 5.75 Å². The van der Waals surface area contributed by atoms with E-state index in [9.17, 15) is 14.4 Å². The van der Waals surface area contributed by atoms with Gasteiger partial charge in [-0.25, -0.2) is 0 Å². The third-order valence-electron chi connectivity index (χ3n) is 6.66. The number of hydrogen-bond acceptors (Lipinski definition) is 5. The molecule has 0 bridgehead atoms. The molecular weight excluding hydrogens is 570 g/mol. The zero-order valence-corrected chi connectivity index (χ0v) is 26.1. The molecular formula is C36H37N3O4S. The molecule has 4 aromatic rings. The van der Waals surface area contributed by atoms with Gasteiger partial charge >= 0.3 is 0 Å². The van der Waals surface area contributed by atoms with Crippen molar-refractivity contribution in [3.8, 4) is 5.75 Å². The number of hydrogen-bond donors (Lipinski definition) is 3. The fraction of sp³-hybridized carbons (Fsp3) is 0.194. The molecule has 1 atom stereocenters. The molecule has 0 spiro atoms. The SMILES string of the molecule is CCOc1ccccc1NC(=O)C(C)Sc1cccc(NC(=O)/C(=C\c2ccc(C(C)C)cc2)NC(=O)c2ccccc2)c1. The topological polar surface area (TPSA) is 96.5 Å². The van der Waals surface area contributed by atoms with Crippen molar-refractivity contribution in [2.24, 2.45) is 0 Å². The van der Waals surface area contributed by atoms with Crippen LogP contribution in [0.2, 0.25) is 0 Å². The lowest BCUT2D eigenvalue weighted by atomic mass is 10.0. The molecule has 0 aromatic heterocycles. The van der Waals surface area contributed by atoms with Crippen LogP contribution in [0, 0.1) is 0 Å². The third kappa shape index (κ3) is 9.09. The minimum atomic E-state index is -0.470. The maximum Gasteiger partial charge on any atom is 0.272 e. The van der Waals surface area contributed by atoms with E-state index in [1.54, 1.807) is 48.5 Å². The van der Waals surface area contributed by atoms with Crippen molar-refractivity contribution in [3.05, 3.63) is 126 Å². The average Bonchev–Trinajstić information content (AvgIpc) is 3.02. The summed E-state index contributed by atoms with van der Waals surface area (Å²) in [5, 5.41) is 8.19. The smallest absolute Gasteiger partial charge is 0.272 e. The number of amides is 3. The number of benzene rings is 4. The van der Waals surface area contributed by atoms with Crippen LogP contribution in [0.25, 0.3) is 6.08 Å². The Hall–Kier alpha value is -4.82. The van der Waals surface area contributed by atoms with Crippen LogP contribution >= 0.6 is 11.8 Å². The quantitative estimate of drug-likeness (QED) is 0.113. The number of anilines is 2. The lowest BCUT2D eigenvalue weighted by Gasteiger charge is -2.15. The molecule has 0 aliphatic rings. The number of rotatable bonds is 12. The molecule has 4 rings (SSSR count). The van der Waals surface area contributed by atoms with Gasteiger partial charge in [-0.05, 0) is 79.4 Å². The summed E-state index contributed by atoms with van der Waals surface area (Å²) in [5.41, 5.74) is 3.65. The molecule has 8 heteroatoms. The van der Waals surface area contributed by atoms with Crippen LogP contribution < -0.4 is 20.7 Å². The van der Waals surface area contributed by atoms with Crippen molar-refractivity contribution < 1.29 is 19.1 Å². The van der Waals surface area contributed by atoms with Gasteiger partial charge in [0.15, 0.2) is 0 Å². The predicted molar refractivity (Wildman–Crippen MR) is 179 cm³/mol. The molecule has 7 nitrogen and oxygen atoms in total. The first kappa shape index (κ1) is 32.1. The highest BCUT2D eigenvalue weighted by Gasteiger charge is 2.18. The van der Waals surface area contributed by atoms with Gasteiger partial charge in [0.1, 0.15) is 11.4 Å². The van der Waals surface area contributed by atoms with E-state index < -0.39 is 11.2 Å². The molecule has 44 heavy (non-hydrogen) atoms. The Morgan fingerprint density at radius 1 is 0.818 bits per heavy atom. The predicted octanol–water partition coefficient (Wildman–Crippen LogP) is 7.74. The number of para-hydroxylation sites is 2. The van der Waals surface area contributed by atoms with Crippen LogP contribution in [-0.4, -0.2) is 29.6 Å². The summed E-state index contributed by atoms with van der Waals surface area (Å²) in [6.45, 7) is 8.44. The standard InChI is InChI=1S/C36H37N3O4S/c1-5-43-33-17-10-9-16-31(33)38-34(40)25(4)44-30-15-11-14-29(23-30)37-36(42)32(39-35(41)28-12-7-6-8-13-28)22-26-18-20-27(21-19-26)24(2)3/h6-25H,5H2,1-4H3,(H,37,42)(H,38,40)(H,39,41)/b32-22+. The zero-order chi connectivity index (χ0) is 31.5. The summed E-state index contributed by atoms with van der Waals surface area (Å²) in [6, 6.07) is 31.2. The van der Waals surface area contributed by atoms with Gasteiger partial charge in [-0.2, -0.15) is 0 Å². The van der Waals surface area contributed by atoms with Crippen molar-refractivity contribution >= 4 is 46.9 Å². The molecule has 0 radical (unpaired) electrons. The van der Waals surface area contributed by atoms with Crippen LogP contribution in [0.4, 0.5) is 11.4 Å². The van der Waals surface area contributed by atoms with E-state index in [0.29, 0.717) is 35.2 Å². The van der Waals surface area contributed by atoms with Crippen molar-refractivity contribution in [1.29, 1.82) is 0 Å². The maximum absolute atomic E-state index is 13.5.